The number of fused-ring (bicyclic) bond motifs is 2. The molecule has 4 rings (SSSR count). The highest BCUT2D eigenvalue weighted by atomic mass is 35.5. The highest BCUT2D eigenvalue weighted by molar-refractivity contribution is 6.31. The maximum atomic E-state index is 13.4. The van der Waals surface area contributed by atoms with Crippen molar-refractivity contribution in [1.29, 1.82) is 0 Å². The van der Waals surface area contributed by atoms with Gasteiger partial charge in [-0.3, -0.25) is 4.79 Å². The molecule has 2 aromatic carbocycles. The van der Waals surface area contributed by atoms with Gasteiger partial charge in [0.1, 0.15) is 5.60 Å². The van der Waals surface area contributed by atoms with Gasteiger partial charge >= 0.3 is 6.09 Å². The zero-order chi connectivity index (χ0) is 18.7. The van der Waals surface area contributed by atoms with Crippen molar-refractivity contribution in [1.82, 2.24) is 0 Å². The van der Waals surface area contributed by atoms with Crippen LogP contribution in [0.3, 0.4) is 0 Å². The van der Waals surface area contributed by atoms with Crippen LogP contribution in [0.4, 0.5) is 10.5 Å². The Morgan fingerprint density at radius 3 is 2.50 bits per heavy atom. The Morgan fingerprint density at radius 1 is 1.15 bits per heavy atom. The lowest BCUT2D eigenvalue weighted by molar-refractivity contribution is -0.120. The smallest absolute Gasteiger partial charge is 0.421 e. The van der Waals surface area contributed by atoms with Crippen LogP contribution in [0.5, 0.6) is 0 Å². The monoisotopic (exact) mass is 369 g/mol. The number of ether oxygens (including phenoxy) is 1. The summed E-state index contributed by atoms with van der Waals surface area (Å²) in [4.78, 5) is 27.3. The largest absolute Gasteiger partial charge is 0.443 e. The predicted molar refractivity (Wildman–Crippen MR) is 101 cm³/mol. The van der Waals surface area contributed by atoms with E-state index < -0.39 is 17.1 Å². The van der Waals surface area contributed by atoms with Crippen LogP contribution in [0.2, 0.25) is 5.02 Å². The number of amides is 2. The molecular weight excluding hydrogens is 350 g/mol. The minimum atomic E-state index is -0.724. The second-order valence-corrected chi connectivity index (χ2v) is 8.29. The number of benzene rings is 2. The Labute approximate surface area is 157 Å². The molecule has 1 spiro atoms. The molecule has 2 amide bonds. The average molecular weight is 370 g/mol. The zero-order valence-corrected chi connectivity index (χ0v) is 15.7. The van der Waals surface area contributed by atoms with Gasteiger partial charge in [0.05, 0.1) is 11.1 Å². The van der Waals surface area contributed by atoms with Gasteiger partial charge in [-0.05, 0) is 50.5 Å². The van der Waals surface area contributed by atoms with E-state index in [2.05, 4.69) is 0 Å². The van der Waals surface area contributed by atoms with Crippen molar-refractivity contribution < 1.29 is 14.3 Å². The molecule has 1 heterocycles. The van der Waals surface area contributed by atoms with Crippen molar-refractivity contribution >= 4 is 29.3 Å². The van der Waals surface area contributed by atoms with E-state index in [0.717, 1.165) is 11.1 Å². The number of hydrogen-bond donors (Lipinski definition) is 0. The van der Waals surface area contributed by atoms with Gasteiger partial charge in [-0.25, -0.2) is 9.69 Å². The molecule has 5 heteroatoms. The minimum absolute atomic E-state index is 0.0303. The molecular formula is C21H20ClNO3. The molecule has 134 valence electrons. The predicted octanol–water partition coefficient (Wildman–Crippen LogP) is 5.05. The van der Waals surface area contributed by atoms with Crippen molar-refractivity contribution in [3.8, 4) is 0 Å². The standard InChI is InChI=1S/C21H20ClNO3/c1-20(2,3)26-19(25)23-17-11-7-5-9-14(17)21(18(23)24)12-15(21)13-8-4-6-10-16(13)22/h4-11,15H,12H2,1-3H3/t15-,21-/m1/s1. The van der Waals surface area contributed by atoms with Gasteiger partial charge in [0.2, 0.25) is 5.91 Å². The molecule has 2 aliphatic rings. The van der Waals surface area contributed by atoms with E-state index in [1.807, 2.05) is 42.5 Å². The SMILES string of the molecule is CC(C)(C)OC(=O)N1C(=O)[C@]2(C[C@@H]2c2ccccc2Cl)c2ccccc21. The Morgan fingerprint density at radius 2 is 1.81 bits per heavy atom. The summed E-state index contributed by atoms with van der Waals surface area (Å²) in [6.07, 6.45) is 0.0166. The van der Waals surface area contributed by atoms with Crippen LogP contribution in [0.15, 0.2) is 48.5 Å². The van der Waals surface area contributed by atoms with Gasteiger partial charge < -0.3 is 4.74 Å². The van der Waals surface area contributed by atoms with Crippen LogP contribution in [0.1, 0.15) is 44.2 Å². The van der Waals surface area contributed by atoms with Gasteiger partial charge in [0.25, 0.3) is 0 Å². The van der Waals surface area contributed by atoms with E-state index in [-0.39, 0.29) is 11.8 Å². The molecule has 1 aliphatic carbocycles. The molecule has 0 unspecified atom stereocenters. The lowest BCUT2D eigenvalue weighted by Gasteiger charge is -2.24. The molecule has 2 aromatic rings. The fourth-order valence-electron chi connectivity index (χ4n) is 3.89. The van der Waals surface area contributed by atoms with E-state index in [4.69, 9.17) is 16.3 Å². The summed E-state index contributed by atoms with van der Waals surface area (Å²) in [6, 6.07) is 15.0. The fourth-order valence-corrected chi connectivity index (χ4v) is 4.16. The highest BCUT2D eigenvalue weighted by Crippen LogP contribution is 2.67. The van der Waals surface area contributed by atoms with Gasteiger partial charge in [0.15, 0.2) is 0 Å². The molecule has 0 aromatic heterocycles. The zero-order valence-electron chi connectivity index (χ0n) is 15.0. The molecule has 0 bridgehead atoms. The number of carbonyl (C=O) groups is 2. The van der Waals surface area contributed by atoms with Crippen molar-refractivity contribution in [2.75, 3.05) is 4.90 Å². The maximum Gasteiger partial charge on any atom is 0.421 e. The molecule has 1 saturated carbocycles. The van der Waals surface area contributed by atoms with Crippen molar-refractivity contribution in [3.05, 3.63) is 64.7 Å². The molecule has 1 fully saturated rings. The molecule has 0 N–H and O–H groups in total. The van der Waals surface area contributed by atoms with Crippen molar-refractivity contribution in [2.24, 2.45) is 0 Å². The molecule has 0 saturated heterocycles. The first-order valence-corrected chi connectivity index (χ1v) is 9.05. The summed E-state index contributed by atoms with van der Waals surface area (Å²) >= 11 is 6.37. The van der Waals surface area contributed by atoms with E-state index in [1.54, 1.807) is 26.8 Å². The summed E-state index contributed by atoms with van der Waals surface area (Å²) in [5, 5.41) is 0.648. The fraction of sp³-hybridized carbons (Fsp3) is 0.333. The Hall–Kier alpha value is -2.33. The first-order chi connectivity index (χ1) is 12.3. The van der Waals surface area contributed by atoms with Crippen LogP contribution < -0.4 is 4.90 Å². The number of rotatable bonds is 1. The minimum Gasteiger partial charge on any atom is -0.443 e. The van der Waals surface area contributed by atoms with E-state index in [9.17, 15) is 9.59 Å². The Balaban J connectivity index is 1.77. The summed E-state index contributed by atoms with van der Waals surface area (Å²) in [5.41, 5.74) is 1.04. The first-order valence-electron chi connectivity index (χ1n) is 8.67. The lowest BCUT2D eigenvalue weighted by Crippen LogP contribution is -2.41. The number of halogens is 1. The third-order valence-electron chi connectivity index (χ3n) is 5.03. The maximum absolute atomic E-state index is 13.4. The van der Waals surface area contributed by atoms with Gasteiger partial charge in [-0.1, -0.05) is 48.0 Å². The van der Waals surface area contributed by atoms with Crippen LogP contribution in [0, 0.1) is 0 Å². The second kappa shape index (κ2) is 5.58. The topological polar surface area (TPSA) is 46.6 Å². The molecule has 26 heavy (non-hydrogen) atoms. The normalized spacial score (nSPS) is 23.9. The quantitative estimate of drug-likeness (QED) is 0.706. The van der Waals surface area contributed by atoms with E-state index >= 15 is 0 Å². The second-order valence-electron chi connectivity index (χ2n) is 7.89. The van der Waals surface area contributed by atoms with E-state index in [0.29, 0.717) is 17.1 Å². The summed E-state index contributed by atoms with van der Waals surface area (Å²) in [5.74, 6) is -0.254. The van der Waals surface area contributed by atoms with E-state index in [1.165, 1.54) is 4.90 Å². The molecule has 4 nitrogen and oxygen atoms in total. The van der Waals surface area contributed by atoms with Gasteiger partial charge in [0, 0.05) is 10.9 Å². The third kappa shape index (κ3) is 2.43. The highest BCUT2D eigenvalue weighted by Gasteiger charge is 2.68. The van der Waals surface area contributed by atoms with Gasteiger partial charge in [-0.15, -0.1) is 0 Å². The summed E-state index contributed by atoms with van der Waals surface area (Å²) in [6.45, 7) is 5.37. The molecule has 1 aliphatic heterocycles. The Kier molecular flexibility index (Phi) is 3.67. The third-order valence-corrected chi connectivity index (χ3v) is 5.37. The lowest BCUT2D eigenvalue weighted by atomic mass is 9.92. The number of nitrogens with zero attached hydrogens (tertiary/aromatic N) is 1. The van der Waals surface area contributed by atoms with Crippen molar-refractivity contribution in [2.45, 2.75) is 44.1 Å². The Bertz CT molecular complexity index is 917. The van der Waals surface area contributed by atoms with Crippen molar-refractivity contribution in [3.63, 3.8) is 0 Å². The summed E-state index contributed by atoms with van der Waals surface area (Å²) < 4.78 is 5.47. The van der Waals surface area contributed by atoms with Gasteiger partial charge in [-0.2, -0.15) is 0 Å². The average Bonchev–Trinajstić information content (AvgIpc) is 3.24. The number of carbonyl (C=O) groups excluding carboxylic acids is 2. The number of hydrogen-bond acceptors (Lipinski definition) is 3. The van der Waals surface area contributed by atoms with Crippen LogP contribution >= 0.6 is 11.6 Å². The van der Waals surface area contributed by atoms with Crippen LogP contribution in [-0.4, -0.2) is 17.6 Å². The summed E-state index contributed by atoms with van der Waals surface area (Å²) in [7, 11) is 0. The van der Waals surface area contributed by atoms with Crippen LogP contribution in [-0.2, 0) is 14.9 Å². The molecule has 2 atom stereocenters. The number of para-hydroxylation sites is 1. The number of anilines is 1. The first kappa shape index (κ1) is 17.1. The number of imide groups is 1. The van der Waals surface area contributed by atoms with Crippen LogP contribution in [0.25, 0.3) is 0 Å². The molecule has 0 radical (unpaired) electrons.